The van der Waals surface area contributed by atoms with E-state index in [1.807, 2.05) is 12.1 Å². The number of fused-ring (bicyclic) bond motifs is 9. The molecule has 0 bridgehead atoms. The second-order valence-electron chi connectivity index (χ2n) is 18.4. The molecule has 0 spiro atoms. The summed E-state index contributed by atoms with van der Waals surface area (Å²) in [5.74, 6) is 0. The monoisotopic (exact) mass is 904 g/mol. The van der Waals surface area contributed by atoms with Crippen molar-refractivity contribution in [3.63, 3.8) is 0 Å². The number of anilines is 3. The van der Waals surface area contributed by atoms with Gasteiger partial charge in [-0.3, -0.25) is 0 Å². The van der Waals surface area contributed by atoms with E-state index in [1.165, 1.54) is 54.5 Å². The van der Waals surface area contributed by atoms with Crippen molar-refractivity contribution >= 4 is 82.4 Å². The van der Waals surface area contributed by atoms with Crippen LogP contribution >= 0.6 is 0 Å². The lowest BCUT2D eigenvalue weighted by Gasteiger charge is -2.28. The Bertz CT molecular complexity index is 4290. The van der Waals surface area contributed by atoms with Crippen molar-refractivity contribution in [2.45, 2.75) is 0 Å². The Hall–Kier alpha value is -9.44. The van der Waals surface area contributed by atoms with Crippen LogP contribution < -0.4 is 4.90 Å². The number of nitrogens with zero attached hydrogens (tertiary/aromatic N) is 2. The first-order chi connectivity index (χ1) is 35.2. The quantitative estimate of drug-likeness (QED) is 0.142. The zero-order chi connectivity index (χ0) is 46.8. The fraction of sp³-hybridized carbons (Fsp3) is 0. The summed E-state index contributed by atoms with van der Waals surface area (Å²) in [4.78, 5) is 2.41. The molecule has 14 rings (SSSR count). The average molecular weight is 905 g/mol. The van der Waals surface area contributed by atoms with Gasteiger partial charge in [0.2, 0.25) is 0 Å². The highest BCUT2D eigenvalue weighted by Gasteiger charge is 2.21. The maximum Gasteiger partial charge on any atom is 0.143 e. The maximum atomic E-state index is 6.51. The van der Waals surface area contributed by atoms with E-state index in [1.54, 1.807) is 0 Å². The molecule has 0 atom stereocenters. The summed E-state index contributed by atoms with van der Waals surface area (Å²) >= 11 is 0. The van der Waals surface area contributed by atoms with Crippen molar-refractivity contribution in [3.05, 3.63) is 267 Å². The van der Waals surface area contributed by atoms with E-state index in [0.717, 1.165) is 78.1 Å². The van der Waals surface area contributed by atoms with Gasteiger partial charge in [0, 0.05) is 49.6 Å². The number of rotatable bonds is 8. The van der Waals surface area contributed by atoms with Crippen LogP contribution in [0.4, 0.5) is 17.1 Å². The van der Waals surface area contributed by atoms with Gasteiger partial charge < -0.3 is 13.9 Å². The largest absolute Gasteiger partial charge is 0.455 e. The summed E-state index contributed by atoms with van der Waals surface area (Å²) in [7, 11) is 0. The van der Waals surface area contributed by atoms with Gasteiger partial charge in [-0.1, -0.05) is 206 Å². The molecule has 0 saturated heterocycles. The smallest absolute Gasteiger partial charge is 0.143 e. The molecule has 0 aliphatic carbocycles. The Balaban J connectivity index is 0.886. The summed E-state index contributed by atoms with van der Waals surface area (Å²) < 4.78 is 8.92. The van der Waals surface area contributed by atoms with Crippen molar-refractivity contribution < 1.29 is 4.42 Å². The Kier molecular flexibility index (Phi) is 9.53. The Morgan fingerprint density at radius 3 is 1.63 bits per heavy atom. The lowest BCUT2D eigenvalue weighted by Crippen LogP contribution is -2.11. The van der Waals surface area contributed by atoms with Gasteiger partial charge in [-0.05, 0) is 110 Å². The molecular weight excluding hydrogens is 861 g/mol. The van der Waals surface area contributed by atoms with Crippen LogP contribution in [0, 0.1) is 0 Å². The molecule has 14 aromatic rings. The topological polar surface area (TPSA) is 21.3 Å². The van der Waals surface area contributed by atoms with E-state index < -0.39 is 0 Å². The van der Waals surface area contributed by atoms with Crippen LogP contribution in [0.1, 0.15) is 0 Å². The number of aromatic nitrogens is 1. The van der Waals surface area contributed by atoms with E-state index >= 15 is 0 Å². The zero-order valence-corrected chi connectivity index (χ0v) is 38.7. The number of hydrogen-bond acceptors (Lipinski definition) is 2. The van der Waals surface area contributed by atoms with E-state index in [2.05, 4.69) is 264 Å². The fourth-order valence-corrected chi connectivity index (χ4v) is 11.0. The molecule has 2 heterocycles. The van der Waals surface area contributed by atoms with Crippen LogP contribution in [0.2, 0.25) is 0 Å². The van der Waals surface area contributed by atoms with Gasteiger partial charge >= 0.3 is 0 Å². The first kappa shape index (κ1) is 40.6. The van der Waals surface area contributed by atoms with Gasteiger partial charge in [0.1, 0.15) is 11.2 Å². The standard InChI is InChI=1S/C68H44N2O/c1-2-18-54-45(15-1)35-36-51-43-50(39-42-55(51)54)49-16-13-17-53(44-49)69(52-40-37-48(38-41-52)58-24-14-25-62-61-23-7-12-30-67(61)71-68(58)62)63-26-8-3-19-56(63)46-31-33-47(34-32-46)57-20-4-9-27-64(57)70-65-28-10-5-21-59(65)60-22-6-11-29-66(60)70/h1-44H. The molecule has 12 aromatic carbocycles. The van der Waals surface area contributed by atoms with E-state index in [0.29, 0.717) is 0 Å². The van der Waals surface area contributed by atoms with E-state index in [4.69, 9.17) is 4.42 Å². The second-order valence-corrected chi connectivity index (χ2v) is 18.4. The van der Waals surface area contributed by atoms with Crippen LogP contribution in [0.15, 0.2) is 271 Å². The minimum atomic E-state index is 0.898. The van der Waals surface area contributed by atoms with Crippen molar-refractivity contribution in [1.29, 1.82) is 0 Å². The van der Waals surface area contributed by atoms with Crippen molar-refractivity contribution in [3.8, 4) is 50.2 Å². The van der Waals surface area contributed by atoms with Crippen molar-refractivity contribution in [1.82, 2.24) is 4.57 Å². The number of furan rings is 1. The predicted octanol–water partition coefficient (Wildman–Crippen LogP) is 19.1. The summed E-state index contributed by atoms with van der Waals surface area (Å²) in [5.41, 5.74) is 17.7. The molecular formula is C68H44N2O. The highest BCUT2D eigenvalue weighted by molar-refractivity contribution is 6.11. The second kappa shape index (κ2) is 16.7. The van der Waals surface area contributed by atoms with E-state index in [-0.39, 0.29) is 0 Å². The molecule has 2 aromatic heterocycles. The SMILES string of the molecule is c1cc(-c2ccc3c(ccc4ccccc43)c2)cc(N(c2ccc(-c3cccc4c3oc3ccccc34)cc2)c2ccccc2-c2ccc(-c3ccccc3-n3c4ccccc4c4ccccc43)cc2)c1. The van der Waals surface area contributed by atoms with Gasteiger partial charge in [0.15, 0.2) is 0 Å². The fourth-order valence-electron chi connectivity index (χ4n) is 11.0. The third-order valence-corrected chi connectivity index (χ3v) is 14.4. The van der Waals surface area contributed by atoms with Gasteiger partial charge in [-0.2, -0.15) is 0 Å². The van der Waals surface area contributed by atoms with Gasteiger partial charge in [-0.25, -0.2) is 0 Å². The third-order valence-electron chi connectivity index (χ3n) is 14.4. The van der Waals surface area contributed by atoms with Crippen LogP contribution in [0.5, 0.6) is 0 Å². The van der Waals surface area contributed by atoms with Crippen molar-refractivity contribution in [2.24, 2.45) is 0 Å². The van der Waals surface area contributed by atoms with Gasteiger partial charge in [0.25, 0.3) is 0 Å². The third kappa shape index (κ3) is 6.82. The van der Waals surface area contributed by atoms with E-state index in [9.17, 15) is 0 Å². The molecule has 0 amide bonds. The molecule has 0 N–H and O–H groups in total. The van der Waals surface area contributed by atoms with Crippen LogP contribution in [-0.4, -0.2) is 4.57 Å². The number of para-hydroxylation sites is 6. The zero-order valence-electron chi connectivity index (χ0n) is 38.7. The molecule has 3 nitrogen and oxygen atoms in total. The van der Waals surface area contributed by atoms with Crippen LogP contribution in [0.3, 0.4) is 0 Å². The molecule has 0 fully saturated rings. The number of hydrogen-bond donors (Lipinski definition) is 0. The molecule has 0 radical (unpaired) electrons. The minimum Gasteiger partial charge on any atom is -0.455 e. The van der Waals surface area contributed by atoms with Gasteiger partial charge in [-0.15, -0.1) is 0 Å². The lowest BCUT2D eigenvalue weighted by atomic mass is 9.96. The highest BCUT2D eigenvalue weighted by atomic mass is 16.3. The molecule has 332 valence electrons. The Morgan fingerprint density at radius 1 is 0.296 bits per heavy atom. The van der Waals surface area contributed by atoms with Crippen molar-refractivity contribution in [2.75, 3.05) is 4.90 Å². The summed E-state index contributed by atoms with van der Waals surface area (Å²) in [6, 6.07) is 96.7. The lowest BCUT2D eigenvalue weighted by molar-refractivity contribution is 0.670. The molecule has 0 saturated carbocycles. The Labute approximate surface area is 411 Å². The summed E-state index contributed by atoms with van der Waals surface area (Å²) in [6.07, 6.45) is 0. The molecule has 0 aliphatic rings. The molecule has 3 heteroatoms. The normalized spacial score (nSPS) is 11.7. The predicted molar refractivity (Wildman–Crippen MR) is 299 cm³/mol. The molecule has 71 heavy (non-hydrogen) atoms. The molecule has 0 unspecified atom stereocenters. The van der Waals surface area contributed by atoms with Crippen LogP contribution in [-0.2, 0) is 0 Å². The summed E-state index contributed by atoms with van der Waals surface area (Å²) in [5, 5.41) is 9.77. The summed E-state index contributed by atoms with van der Waals surface area (Å²) in [6.45, 7) is 0. The van der Waals surface area contributed by atoms with Gasteiger partial charge in [0.05, 0.1) is 22.4 Å². The van der Waals surface area contributed by atoms with Crippen LogP contribution in [0.25, 0.3) is 115 Å². The maximum absolute atomic E-state index is 6.51. The number of benzene rings is 12. The minimum absolute atomic E-state index is 0.898. The average Bonchev–Trinajstić information content (AvgIpc) is 4.00. The molecule has 0 aliphatic heterocycles. The highest BCUT2D eigenvalue weighted by Crippen LogP contribution is 2.45. The Morgan fingerprint density at radius 2 is 0.831 bits per heavy atom. The first-order valence-electron chi connectivity index (χ1n) is 24.3. The first-order valence-corrected chi connectivity index (χ1v) is 24.3.